The number of aliphatic hydroxyl groups is 1. The molecule has 2 N–H and O–H groups in total. The predicted molar refractivity (Wildman–Crippen MR) is 94.8 cm³/mol. The first-order chi connectivity index (χ1) is 10.0. The predicted octanol–water partition coefficient (Wildman–Crippen LogP) is 3.73. The number of amides is 1. The fourth-order valence-electron chi connectivity index (χ4n) is 0.910. The van der Waals surface area contributed by atoms with Gasteiger partial charge in [-0.1, -0.05) is 41.5 Å². The standard InChI is InChI=1S/C10H17NO3.C6H14.C2H6/c1-8(13)4-5-9(14)11-10(2,3)6-7-12;1-5(2)6(3)4;1-2/h4-5,12H,6-7H2,1-3H3,(H,11,14);5-6H,1-4H3;1-2H3/b5-4+;;. The summed E-state index contributed by atoms with van der Waals surface area (Å²) in [6.07, 6.45) is 2.89. The van der Waals surface area contributed by atoms with Crippen LogP contribution >= 0.6 is 0 Å². The van der Waals surface area contributed by atoms with Crippen molar-refractivity contribution >= 4 is 11.7 Å². The summed E-state index contributed by atoms with van der Waals surface area (Å²) in [5, 5.41) is 11.4. The summed E-state index contributed by atoms with van der Waals surface area (Å²) in [6, 6.07) is 0. The van der Waals surface area contributed by atoms with Crippen LogP contribution in [-0.4, -0.2) is 28.9 Å². The molecular formula is C18H37NO3. The van der Waals surface area contributed by atoms with Gasteiger partial charge in [-0.2, -0.15) is 0 Å². The lowest BCUT2D eigenvalue weighted by molar-refractivity contribution is -0.118. The molecule has 0 saturated heterocycles. The molecule has 0 heterocycles. The molecular weight excluding hydrogens is 278 g/mol. The van der Waals surface area contributed by atoms with Crippen LogP contribution in [0.15, 0.2) is 12.2 Å². The van der Waals surface area contributed by atoms with Gasteiger partial charge in [0.15, 0.2) is 5.78 Å². The molecule has 1 amide bonds. The Kier molecular flexibility index (Phi) is 17.3. The average Bonchev–Trinajstić information content (AvgIpc) is 2.38. The summed E-state index contributed by atoms with van der Waals surface area (Å²) >= 11 is 0. The average molecular weight is 315 g/mol. The van der Waals surface area contributed by atoms with Gasteiger partial charge in [-0.15, -0.1) is 0 Å². The third-order valence-corrected chi connectivity index (χ3v) is 3.00. The fraction of sp³-hybridized carbons (Fsp3) is 0.778. The molecule has 0 spiro atoms. The molecule has 22 heavy (non-hydrogen) atoms. The highest BCUT2D eigenvalue weighted by Gasteiger charge is 2.17. The van der Waals surface area contributed by atoms with Crippen molar-refractivity contribution in [3.8, 4) is 0 Å². The molecule has 0 fully saturated rings. The number of hydrogen-bond acceptors (Lipinski definition) is 3. The molecule has 0 aliphatic heterocycles. The van der Waals surface area contributed by atoms with E-state index in [1.54, 1.807) is 0 Å². The Hall–Kier alpha value is -1.16. The molecule has 0 atom stereocenters. The van der Waals surface area contributed by atoms with Crippen LogP contribution in [0, 0.1) is 11.8 Å². The third-order valence-electron chi connectivity index (χ3n) is 3.00. The van der Waals surface area contributed by atoms with E-state index in [0.717, 1.165) is 11.8 Å². The van der Waals surface area contributed by atoms with Crippen molar-refractivity contribution < 1.29 is 14.7 Å². The van der Waals surface area contributed by atoms with Crippen molar-refractivity contribution in [1.29, 1.82) is 0 Å². The van der Waals surface area contributed by atoms with E-state index in [4.69, 9.17) is 5.11 Å². The second-order valence-electron chi connectivity index (χ2n) is 6.28. The van der Waals surface area contributed by atoms with Crippen molar-refractivity contribution in [1.82, 2.24) is 5.32 Å². The van der Waals surface area contributed by atoms with Crippen LogP contribution in [0.5, 0.6) is 0 Å². The molecule has 132 valence electrons. The highest BCUT2D eigenvalue weighted by molar-refractivity contribution is 5.96. The molecule has 4 heteroatoms. The van der Waals surface area contributed by atoms with Gasteiger partial charge in [0.05, 0.1) is 0 Å². The molecule has 0 saturated carbocycles. The van der Waals surface area contributed by atoms with Gasteiger partial charge in [-0.25, -0.2) is 0 Å². The summed E-state index contributed by atoms with van der Waals surface area (Å²) in [5.41, 5.74) is -0.451. The van der Waals surface area contributed by atoms with Crippen LogP contribution in [-0.2, 0) is 9.59 Å². The maximum Gasteiger partial charge on any atom is 0.244 e. The number of carbonyl (C=O) groups excluding carboxylic acids is 2. The van der Waals surface area contributed by atoms with Gasteiger partial charge in [-0.3, -0.25) is 9.59 Å². The van der Waals surface area contributed by atoms with E-state index in [2.05, 4.69) is 33.0 Å². The summed E-state index contributed by atoms with van der Waals surface area (Å²) in [6.45, 7) is 18.0. The molecule has 0 aliphatic carbocycles. The number of rotatable bonds is 6. The smallest absolute Gasteiger partial charge is 0.244 e. The molecule has 0 aromatic rings. The zero-order chi connectivity index (χ0) is 18.3. The van der Waals surface area contributed by atoms with Crippen LogP contribution in [0.2, 0.25) is 0 Å². The van der Waals surface area contributed by atoms with Gasteiger partial charge in [0.25, 0.3) is 0 Å². The highest BCUT2D eigenvalue weighted by Crippen LogP contribution is 2.06. The van der Waals surface area contributed by atoms with E-state index in [0.29, 0.717) is 6.42 Å². The van der Waals surface area contributed by atoms with Gasteiger partial charge in [0, 0.05) is 18.2 Å². The SMILES string of the molecule is CC.CC(=O)/C=C/C(=O)NC(C)(C)CCO.CC(C)C(C)C. The van der Waals surface area contributed by atoms with E-state index in [9.17, 15) is 9.59 Å². The summed E-state index contributed by atoms with van der Waals surface area (Å²) in [5.74, 6) is 1.22. The van der Waals surface area contributed by atoms with Crippen molar-refractivity contribution in [3.05, 3.63) is 12.2 Å². The summed E-state index contributed by atoms with van der Waals surface area (Å²) < 4.78 is 0. The van der Waals surface area contributed by atoms with Crippen molar-refractivity contribution in [3.63, 3.8) is 0 Å². The van der Waals surface area contributed by atoms with Crippen LogP contribution in [0.3, 0.4) is 0 Å². The van der Waals surface area contributed by atoms with Crippen molar-refractivity contribution in [2.24, 2.45) is 11.8 Å². The van der Waals surface area contributed by atoms with Gasteiger partial charge < -0.3 is 10.4 Å². The van der Waals surface area contributed by atoms with Crippen LogP contribution in [0.25, 0.3) is 0 Å². The summed E-state index contributed by atoms with van der Waals surface area (Å²) in [4.78, 5) is 21.7. The second kappa shape index (κ2) is 14.8. The lowest BCUT2D eigenvalue weighted by Gasteiger charge is -2.24. The minimum Gasteiger partial charge on any atom is -0.396 e. The topological polar surface area (TPSA) is 66.4 Å². The van der Waals surface area contributed by atoms with Crippen LogP contribution in [0.1, 0.15) is 68.7 Å². The molecule has 0 radical (unpaired) electrons. The largest absolute Gasteiger partial charge is 0.396 e. The molecule has 0 aromatic carbocycles. The van der Waals surface area contributed by atoms with E-state index >= 15 is 0 Å². The van der Waals surface area contributed by atoms with Crippen LogP contribution < -0.4 is 5.32 Å². The fourth-order valence-corrected chi connectivity index (χ4v) is 0.910. The normalized spacial score (nSPS) is 10.7. The molecule has 0 rings (SSSR count). The van der Waals surface area contributed by atoms with E-state index in [-0.39, 0.29) is 18.3 Å². The van der Waals surface area contributed by atoms with E-state index in [1.165, 1.54) is 19.1 Å². The zero-order valence-corrected chi connectivity index (χ0v) is 16.0. The Labute approximate surface area is 137 Å². The summed E-state index contributed by atoms with van der Waals surface area (Å²) in [7, 11) is 0. The Bertz CT molecular complexity index is 312. The lowest BCUT2D eigenvalue weighted by Crippen LogP contribution is -2.43. The maximum atomic E-state index is 11.2. The Morgan fingerprint density at radius 1 is 1.05 bits per heavy atom. The molecule has 0 bridgehead atoms. The first-order valence-corrected chi connectivity index (χ1v) is 8.13. The van der Waals surface area contributed by atoms with Gasteiger partial charge in [0.1, 0.15) is 0 Å². The monoisotopic (exact) mass is 315 g/mol. The molecule has 0 aromatic heterocycles. The quantitative estimate of drug-likeness (QED) is 0.734. The third kappa shape index (κ3) is 21.1. The van der Waals surface area contributed by atoms with Gasteiger partial charge in [-0.05, 0) is 45.1 Å². The lowest BCUT2D eigenvalue weighted by atomic mass is 10.0. The Morgan fingerprint density at radius 2 is 1.45 bits per heavy atom. The number of ketones is 1. The Morgan fingerprint density at radius 3 is 1.73 bits per heavy atom. The first kappa shape index (κ1) is 25.8. The maximum absolute atomic E-state index is 11.2. The van der Waals surface area contributed by atoms with E-state index < -0.39 is 5.54 Å². The van der Waals surface area contributed by atoms with Gasteiger partial charge in [0.2, 0.25) is 5.91 Å². The number of aliphatic hydroxyl groups excluding tert-OH is 1. The second-order valence-corrected chi connectivity index (χ2v) is 6.28. The minimum absolute atomic E-state index is 0.0176. The number of hydrogen-bond donors (Lipinski definition) is 2. The van der Waals surface area contributed by atoms with Gasteiger partial charge >= 0.3 is 0 Å². The first-order valence-electron chi connectivity index (χ1n) is 8.13. The van der Waals surface area contributed by atoms with Crippen LogP contribution in [0.4, 0.5) is 0 Å². The molecule has 0 aliphatic rings. The van der Waals surface area contributed by atoms with Crippen molar-refractivity contribution in [2.45, 2.75) is 74.3 Å². The Balaban J connectivity index is -0.000000378. The number of carbonyl (C=O) groups is 2. The molecule has 0 unspecified atom stereocenters. The number of allylic oxidation sites excluding steroid dienone is 1. The van der Waals surface area contributed by atoms with E-state index in [1.807, 2.05) is 27.7 Å². The minimum atomic E-state index is -0.451. The van der Waals surface area contributed by atoms with Crippen molar-refractivity contribution in [2.75, 3.05) is 6.61 Å². The molecule has 4 nitrogen and oxygen atoms in total. The number of nitrogens with one attached hydrogen (secondary N) is 1. The zero-order valence-electron chi connectivity index (χ0n) is 16.0. The highest BCUT2D eigenvalue weighted by atomic mass is 16.3.